The second-order valence-electron chi connectivity index (χ2n) is 2.57. The Labute approximate surface area is 92.9 Å². The summed E-state index contributed by atoms with van der Waals surface area (Å²) in [7, 11) is 0. The van der Waals surface area contributed by atoms with Crippen LogP contribution in [0.4, 0.5) is 5.95 Å². The van der Waals surface area contributed by atoms with Crippen LogP contribution in [0.3, 0.4) is 0 Å². The quantitative estimate of drug-likeness (QED) is 0.424. The predicted octanol–water partition coefficient (Wildman–Crippen LogP) is 0.200. The molecule has 0 spiro atoms. The maximum Gasteiger partial charge on any atom is 0.280 e. The van der Waals surface area contributed by atoms with Gasteiger partial charge < -0.3 is 0 Å². The normalized spacial score (nSPS) is 10.6. The fourth-order valence-corrected chi connectivity index (χ4v) is 1.20. The molecule has 0 bridgehead atoms. The van der Waals surface area contributed by atoms with Crippen molar-refractivity contribution in [3.8, 4) is 0 Å². The van der Waals surface area contributed by atoms with E-state index in [0.717, 1.165) is 0 Å². The number of nitrogens with one attached hydrogen (secondary N) is 1. The molecule has 0 unspecified atom stereocenters. The summed E-state index contributed by atoms with van der Waals surface area (Å²) in [5.74, 6) is 5.17. The van der Waals surface area contributed by atoms with E-state index in [1.54, 1.807) is 0 Å². The molecule has 0 aliphatic carbocycles. The molecule has 78 valence electrons. The third kappa shape index (κ3) is 1.84. The number of anilines is 1. The zero-order valence-corrected chi connectivity index (χ0v) is 8.62. The number of nitrogens with two attached hydrogens (primary N) is 1. The van der Waals surface area contributed by atoms with Crippen LogP contribution >= 0.6 is 23.4 Å². The van der Waals surface area contributed by atoms with E-state index >= 15 is 0 Å². The molecule has 0 aromatic carbocycles. The van der Waals surface area contributed by atoms with Crippen LogP contribution in [0.5, 0.6) is 0 Å². The molecule has 9 heteroatoms. The Bertz CT molecular complexity index is 567. The minimum atomic E-state index is -0.513. The molecule has 2 aromatic rings. The fraction of sp³-hybridized carbons (Fsp3) is 0. The second kappa shape index (κ2) is 3.61. The molecule has 0 saturated heterocycles. The van der Waals surface area contributed by atoms with Gasteiger partial charge in [0.25, 0.3) is 5.56 Å². The minimum Gasteiger partial charge on any atom is -0.288 e. The Morgan fingerprint density at radius 2 is 2.20 bits per heavy atom. The molecule has 0 radical (unpaired) electrons. The smallest absolute Gasteiger partial charge is 0.280 e. The van der Waals surface area contributed by atoms with Crippen LogP contribution in [-0.4, -0.2) is 19.9 Å². The summed E-state index contributed by atoms with van der Waals surface area (Å²) in [5, 5.41) is 0.109. The molecule has 2 heterocycles. The van der Waals surface area contributed by atoms with Crippen LogP contribution in [-0.2, 0) is 0 Å². The van der Waals surface area contributed by atoms with Gasteiger partial charge in [0.1, 0.15) is 5.15 Å². The average molecular weight is 247 g/mol. The maximum absolute atomic E-state index is 11.5. The summed E-state index contributed by atoms with van der Waals surface area (Å²) in [4.78, 5) is 25.2. The van der Waals surface area contributed by atoms with E-state index in [4.69, 9.17) is 29.2 Å². The van der Waals surface area contributed by atoms with Crippen molar-refractivity contribution in [2.45, 2.75) is 0 Å². The van der Waals surface area contributed by atoms with Crippen molar-refractivity contribution < 1.29 is 0 Å². The summed E-state index contributed by atoms with van der Waals surface area (Å²) >= 11 is 11.0. The van der Waals surface area contributed by atoms with E-state index in [9.17, 15) is 4.79 Å². The summed E-state index contributed by atoms with van der Waals surface area (Å²) < 4.78 is 0.650. The number of hydrazine groups is 1. The first-order chi connectivity index (χ1) is 7.08. The maximum atomic E-state index is 11.5. The van der Waals surface area contributed by atoms with E-state index in [2.05, 4.69) is 19.9 Å². The first-order valence-electron chi connectivity index (χ1n) is 3.71. The molecule has 0 aliphatic rings. The number of nitrogens with zero attached hydrogens (tertiary/aromatic N) is 4. The van der Waals surface area contributed by atoms with Crippen molar-refractivity contribution in [3.63, 3.8) is 0 Å². The third-order valence-corrected chi connectivity index (χ3v) is 1.92. The van der Waals surface area contributed by atoms with Gasteiger partial charge in [0, 0.05) is 11.8 Å². The van der Waals surface area contributed by atoms with Gasteiger partial charge in [-0.2, -0.15) is 9.51 Å². The standard InChI is InChI=1S/C6H4Cl2N6O/c7-2-1-10-4-3(11-2)5(15)13-6(12-4)14(8)9/h1H,9H2,(H,10,12,13,15). The average Bonchev–Trinajstić information content (AvgIpc) is 2.18. The number of halogens is 2. The molecule has 0 atom stereocenters. The lowest BCUT2D eigenvalue weighted by Crippen LogP contribution is -2.24. The van der Waals surface area contributed by atoms with Gasteiger partial charge in [-0.05, 0) is 0 Å². The van der Waals surface area contributed by atoms with Gasteiger partial charge in [0.2, 0.25) is 5.95 Å². The molecule has 15 heavy (non-hydrogen) atoms. The number of hydrogen-bond donors (Lipinski definition) is 2. The van der Waals surface area contributed by atoms with Gasteiger partial charge in [-0.1, -0.05) is 11.6 Å². The van der Waals surface area contributed by atoms with Crippen molar-refractivity contribution in [1.82, 2.24) is 19.9 Å². The van der Waals surface area contributed by atoms with Crippen molar-refractivity contribution in [1.29, 1.82) is 0 Å². The zero-order valence-electron chi connectivity index (χ0n) is 7.11. The third-order valence-electron chi connectivity index (χ3n) is 1.58. The molecule has 0 aliphatic heterocycles. The minimum absolute atomic E-state index is 0.0224. The van der Waals surface area contributed by atoms with Gasteiger partial charge in [0.15, 0.2) is 11.2 Å². The molecule has 0 amide bonds. The Morgan fingerprint density at radius 1 is 1.47 bits per heavy atom. The summed E-state index contributed by atoms with van der Waals surface area (Å²) in [6.07, 6.45) is 1.27. The molecule has 0 saturated carbocycles. The first kappa shape index (κ1) is 10.1. The van der Waals surface area contributed by atoms with Crippen LogP contribution < -0.4 is 15.9 Å². The largest absolute Gasteiger partial charge is 0.288 e. The van der Waals surface area contributed by atoms with Gasteiger partial charge >= 0.3 is 0 Å². The van der Waals surface area contributed by atoms with E-state index in [1.165, 1.54) is 6.20 Å². The van der Waals surface area contributed by atoms with Crippen LogP contribution in [0.1, 0.15) is 0 Å². The topological polar surface area (TPSA) is 101 Å². The van der Waals surface area contributed by atoms with Crippen molar-refractivity contribution in [2.75, 3.05) is 4.53 Å². The molecule has 0 fully saturated rings. The lowest BCUT2D eigenvalue weighted by Gasteiger charge is -2.06. The Hall–Kier alpha value is -1.44. The number of H-pyrrole nitrogens is 1. The van der Waals surface area contributed by atoms with Gasteiger partial charge in [0.05, 0.1) is 6.20 Å². The van der Waals surface area contributed by atoms with Crippen LogP contribution in [0.2, 0.25) is 5.15 Å². The second-order valence-corrected chi connectivity index (χ2v) is 3.32. The van der Waals surface area contributed by atoms with Crippen LogP contribution in [0.25, 0.3) is 11.2 Å². The summed E-state index contributed by atoms with van der Waals surface area (Å²) in [6.45, 7) is 0. The predicted molar refractivity (Wildman–Crippen MR) is 55.5 cm³/mol. The number of fused-ring (bicyclic) bond motifs is 1. The van der Waals surface area contributed by atoms with Crippen molar-refractivity contribution >= 4 is 40.5 Å². The van der Waals surface area contributed by atoms with E-state index in [1.807, 2.05) is 0 Å². The number of hydrogen-bond acceptors (Lipinski definition) is 6. The van der Waals surface area contributed by atoms with Crippen LogP contribution in [0.15, 0.2) is 11.0 Å². The molecule has 7 nitrogen and oxygen atoms in total. The summed E-state index contributed by atoms with van der Waals surface area (Å²) in [5.41, 5.74) is -0.361. The fourth-order valence-electron chi connectivity index (χ4n) is 0.986. The molecule has 2 aromatic heterocycles. The Morgan fingerprint density at radius 3 is 2.87 bits per heavy atom. The lowest BCUT2D eigenvalue weighted by molar-refractivity contribution is 1.02. The number of aromatic amines is 1. The molecule has 3 N–H and O–H groups in total. The Balaban J connectivity index is 2.79. The van der Waals surface area contributed by atoms with Crippen molar-refractivity contribution in [3.05, 3.63) is 21.7 Å². The number of aromatic nitrogens is 4. The van der Waals surface area contributed by atoms with Crippen LogP contribution in [0, 0.1) is 0 Å². The highest BCUT2D eigenvalue weighted by Crippen LogP contribution is 2.09. The zero-order chi connectivity index (χ0) is 11.0. The van der Waals surface area contributed by atoms with E-state index in [-0.39, 0.29) is 22.3 Å². The van der Waals surface area contributed by atoms with Crippen molar-refractivity contribution in [2.24, 2.45) is 5.84 Å². The SMILES string of the molecule is NN(Cl)c1nc2ncc(Cl)nc2c(=O)[nH]1. The Kier molecular flexibility index (Phi) is 2.43. The molecule has 2 rings (SSSR count). The van der Waals surface area contributed by atoms with Gasteiger partial charge in [-0.3, -0.25) is 9.78 Å². The highest BCUT2D eigenvalue weighted by molar-refractivity contribution is 6.29. The summed E-state index contributed by atoms with van der Waals surface area (Å²) in [6, 6.07) is 0. The molecular weight excluding hydrogens is 243 g/mol. The first-order valence-corrected chi connectivity index (χ1v) is 4.42. The highest BCUT2D eigenvalue weighted by atomic mass is 35.5. The monoisotopic (exact) mass is 246 g/mol. The van der Waals surface area contributed by atoms with E-state index < -0.39 is 5.56 Å². The van der Waals surface area contributed by atoms with Gasteiger partial charge in [-0.25, -0.2) is 15.8 Å². The van der Waals surface area contributed by atoms with E-state index in [0.29, 0.717) is 4.53 Å². The number of rotatable bonds is 1. The highest BCUT2D eigenvalue weighted by Gasteiger charge is 2.09. The molecular formula is C6H4Cl2N6O. The lowest BCUT2D eigenvalue weighted by atomic mass is 10.5. The van der Waals surface area contributed by atoms with Gasteiger partial charge in [-0.15, -0.1) is 0 Å².